The summed E-state index contributed by atoms with van der Waals surface area (Å²) in [6.07, 6.45) is 1.38. The Bertz CT molecular complexity index is 1300. The van der Waals surface area contributed by atoms with Crippen molar-refractivity contribution in [3.8, 4) is 11.8 Å². The van der Waals surface area contributed by atoms with E-state index in [0.29, 0.717) is 21.9 Å². The summed E-state index contributed by atoms with van der Waals surface area (Å²) in [6, 6.07) is 18.6. The van der Waals surface area contributed by atoms with Gasteiger partial charge in [-0.05, 0) is 53.9 Å². The van der Waals surface area contributed by atoms with Crippen molar-refractivity contribution >= 4 is 29.6 Å². The molecule has 0 aromatic heterocycles. The second kappa shape index (κ2) is 12.5. The standard InChI is InChI=1S/C27H24ClFN4O3/c1-17(2)25(32-26(34)22-5-3-4-6-23(22)29)27(35)33-31-15-20-13-21(28)11-12-24(20)36-16-19-9-7-18(14-30)8-10-19/h3-13,15,17,25H,16H2,1-2H3,(H,32,34)(H,33,35). The number of rotatable bonds is 9. The second-order valence-electron chi connectivity index (χ2n) is 8.19. The van der Waals surface area contributed by atoms with Gasteiger partial charge < -0.3 is 10.1 Å². The molecular weight excluding hydrogens is 483 g/mol. The topological polar surface area (TPSA) is 104 Å². The molecule has 1 unspecified atom stereocenters. The first-order valence-corrected chi connectivity index (χ1v) is 11.5. The van der Waals surface area contributed by atoms with Gasteiger partial charge in [-0.25, -0.2) is 9.82 Å². The fraction of sp³-hybridized carbons (Fsp3) is 0.185. The van der Waals surface area contributed by atoms with Crippen molar-refractivity contribution in [2.24, 2.45) is 11.0 Å². The molecular formula is C27H24ClFN4O3. The molecule has 3 aromatic carbocycles. The summed E-state index contributed by atoms with van der Waals surface area (Å²) in [5, 5.41) is 15.9. The fourth-order valence-corrected chi connectivity index (χ4v) is 3.40. The molecule has 3 rings (SSSR count). The van der Waals surface area contributed by atoms with Gasteiger partial charge in [-0.1, -0.05) is 49.7 Å². The second-order valence-corrected chi connectivity index (χ2v) is 8.63. The van der Waals surface area contributed by atoms with Crippen molar-refractivity contribution in [3.05, 3.63) is 99.8 Å². The molecule has 184 valence electrons. The molecule has 9 heteroatoms. The first kappa shape index (κ1) is 26.4. The van der Waals surface area contributed by atoms with Gasteiger partial charge in [0.15, 0.2) is 0 Å². The summed E-state index contributed by atoms with van der Waals surface area (Å²) in [5.41, 5.74) is 4.20. The SMILES string of the molecule is CC(C)C(NC(=O)c1ccccc1F)C(=O)NN=Cc1cc(Cl)ccc1OCc1ccc(C#N)cc1. The van der Waals surface area contributed by atoms with Crippen molar-refractivity contribution < 1.29 is 18.7 Å². The van der Waals surface area contributed by atoms with Crippen LogP contribution in [-0.2, 0) is 11.4 Å². The van der Waals surface area contributed by atoms with E-state index in [1.165, 1.54) is 24.4 Å². The van der Waals surface area contributed by atoms with Crippen LogP contribution < -0.4 is 15.5 Å². The predicted octanol–water partition coefficient (Wildman–Crippen LogP) is 4.83. The summed E-state index contributed by atoms with van der Waals surface area (Å²) < 4.78 is 19.8. The molecule has 0 saturated carbocycles. The zero-order valence-electron chi connectivity index (χ0n) is 19.7. The smallest absolute Gasteiger partial charge is 0.262 e. The lowest BCUT2D eigenvalue weighted by Crippen LogP contribution is -2.48. The molecule has 0 fully saturated rings. The van der Waals surface area contributed by atoms with E-state index in [1.807, 2.05) is 0 Å². The van der Waals surface area contributed by atoms with Crippen LogP contribution in [0.3, 0.4) is 0 Å². The van der Waals surface area contributed by atoms with Crippen LogP contribution in [0, 0.1) is 23.1 Å². The van der Waals surface area contributed by atoms with Crippen LogP contribution in [0.15, 0.2) is 71.8 Å². The molecule has 0 aliphatic rings. The molecule has 0 saturated heterocycles. The number of nitrogens with zero attached hydrogens (tertiary/aromatic N) is 2. The summed E-state index contributed by atoms with van der Waals surface area (Å²) >= 11 is 6.12. The van der Waals surface area contributed by atoms with Gasteiger partial charge in [0.05, 0.1) is 23.4 Å². The first-order valence-electron chi connectivity index (χ1n) is 11.1. The number of hydrazone groups is 1. The Balaban J connectivity index is 1.67. The molecule has 0 heterocycles. The summed E-state index contributed by atoms with van der Waals surface area (Å²) in [6.45, 7) is 3.75. The van der Waals surface area contributed by atoms with Gasteiger partial charge in [0.1, 0.15) is 24.2 Å². The number of amides is 2. The van der Waals surface area contributed by atoms with Crippen LogP contribution in [0.5, 0.6) is 5.75 Å². The lowest BCUT2D eigenvalue weighted by Gasteiger charge is -2.20. The van der Waals surface area contributed by atoms with Gasteiger partial charge in [-0.15, -0.1) is 0 Å². The van der Waals surface area contributed by atoms with Crippen molar-refractivity contribution in [3.63, 3.8) is 0 Å². The number of nitriles is 1. The molecule has 0 aliphatic heterocycles. The minimum absolute atomic E-state index is 0.151. The van der Waals surface area contributed by atoms with E-state index in [-0.39, 0.29) is 18.1 Å². The van der Waals surface area contributed by atoms with Crippen molar-refractivity contribution in [2.45, 2.75) is 26.5 Å². The highest BCUT2D eigenvalue weighted by Crippen LogP contribution is 2.22. The maximum absolute atomic E-state index is 13.9. The van der Waals surface area contributed by atoms with E-state index >= 15 is 0 Å². The molecule has 0 spiro atoms. The van der Waals surface area contributed by atoms with Crippen LogP contribution in [0.25, 0.3) is 0 Å². The highest BCUT2D eigenvalue weighted by atomic mass is 35.5. The van der Waals surface area contributed by atoms with E-state index in [0.717, 1.165) is 5.56 Å². The number of halogens is 2. The fourth-order valence-electron chi connectivity index (χ4n) is 3.22. The van der Waals surface area contributed by atoms with Crippen LogP contribution >= 0.6 is 11.6 Å². The summed E-state index contributed by atoms with van der Waals surface area (Å²) in [4.78, 5) is 25.2. The molecule has 3 aromatic rings. The molecule has 0 radical (unpaired) electrons. The molecule has 0 aliphatic carbocycles. The van der Waals surface area contributed by atoms with Gasteiger partial charge in [0.2, 0.25) is 0 Å². The Labute approximate surface area is 213 Å². The number of carbonyl (C=O) groups excluding carboxylic acids is 2. The maximum Gasteiger partial charge on any atom is 0.262 e. The van der Waals surface area contributed by atoms with Crippen molar-refractivity contribution in [2.75, 3.05) is 0 Å². The number of nitrogens with one attached hydrogen (secondary N) is 2. The summed E-state index contributed by atoms with van der Waals surface area (Å²) in [7, 11) is 0. The van der Waals surface area contributed by atoms with Gasteiger partial charge in [-0.3, -0.25) is 9.59 Å². The minimum Gasteiger partial charge on any atom is -0.488 e. The lowest BCUT2D eigenvalue weighted by atomic mass is 10.0. The minimum atomic E-state index is -0.944. The zero-order chi connectivity index (χ0) is 26.1. The molecule has 0 bridgehead atoms. The van der Waals surface area contributed by atoms with E-state index in [1.54, 1.807) is 62.4 Å². The van der Waals surface area contributed by atoms with Crippen molar-refractivity contribution in [1.82, 2.24) is 10.7 Å². The largest absolute Gasteiger partial charge is 0.488 e. The Morgan fingerprint density at radius 3 is 2.53 bits per heavy atom. The van der Waals surface area contributed by atoms with E-state index in [2.05, 4.69) is 21.9 Å². The van der Waals surface area contributed by atoms with Gasteiger partial charge in [0, 0.05) is 10.6 Å². The number of hydrogen-bond donors (Lipinski definition) is 2. The average Bonchev–Trinajstić information content (AvgIpc) is 2.87. The molecule has 2 N–H and O–H groups in total. The van der Waals surface area contributed by atoms with Crippen molar-refractivity contribution in [1.29, 1.82) is 5.26 Å². The average molecular weight is 507 g/mol. The van der Waals surface area contributed by atoms with Gasteiger partial charge >= 0.3 is 0 Å². The quantitative estimate of drug-likeness (QED) is 0.320. The predicted molar refractivity (Wildman–Crippen MR) is 135 cm³/mol. The number of ether oxygens (including phenoxy) is 1. The highest BCUT2D eigenvalue weighted by molar-refractivity contribution is 6.30. The van der Waals surface area contributed by atoms with Crippen LogP contribution in [0.4, 0.5) is 4.39 Å². The molecule has 2 amide bonds. The third-order valence-corrected chi connectivity index (χ3v) is 5.42. The third-order valence-electron chi connectivity index (χ3n) is 5.18. The Morgan fingerprint density at radius 2 is 1.86 bits per heavy atom. The zero-order valence-corrected chi connectivity index (χ0v) is 20.4. The summed E-state index contributed by atoms with van der Waals surface area (Å²) in [5.74, 6) is -1.74. The van der Waals surface area contributed by atoms with E-state index < -0.39 is 23.7 Å². The third kappa shape index (κ3) is 7.14. The Hall–Kier alpha value is -4.22. The Morgan fingerprint density at radius 1 is 1.14 bits per heavy atom. The van der Waals surface area contributed by atoms with E-state index in [4.69, 9.17) is 21.6 Å². The molecule has 36 heavy (non-hydrogen) atoms. The Kier molecular flexibility index (Phi) is 9.14. The maximum atomic E-state index is 13.9. The number of carbonyl (C=O) groups is 2. The number of benzene rings is 3. The monoisotopic (exact) mass is 506 g/mol. The normalized spacial score (nSPS) is 11.7. The van der Waals surface area contributed by atoms with Crippen LogP contribution in [0.2, 0.25) is 5.02 Å². The number of hydrogen-bond acceptors (Lipinski definition) is 5. The van der Waals surface area contributed by atoms with Crippen LogP contribution in [-0.4, -0.2) is 24.1 Å². The van der Waals surface area contributed by atoms with Crippen LogP contribution in [0.1, 0.15) is 40.9 Å². The molecule has 1 atom stereocenters. The van der Waals surface area contributed by atoms with Gasteiger partial charge in [0.25, 0.3) is 11.8 Å². The van der Waals surface area contributed by atoms with E-state index in [9.17, 15) is 14.0 Å². The first-order chi connectivity index (χ1) is 17.3. The molecule has 7 nitrogen and oxygen atoms in total. The highest BCUT2D eigenvalue weighted by Gasteiger charge is 2.25. The lowest BCUT2D eigenvalue weighted by molar-refractivity contribution is -0.123. The van der Waals surface area contributed by atoms with Gasteiger partial charge in [-0.2, -0.15) is 10.4 Å².